The highest BCUT2D eigenvalue weighted by molar-refractivity contribution is 7.95. The molecule has 0 unspecified atom stereocenters. The molecule has 0 aliphatic carbocycles. The summed E-state index contributed by atoms with van der Waals surface area (Å²) in [5.41, 5.74) is 0. The second-order valence-electron chi connectivity index (χ2n) is 15.1. The molecule has 2 amide bonds. The number of unbranched alkanes of at least 4 members (excludes halogenated alkanes) is 2. The van der Waals surface area contributed by atoms with E-state index in [1.807, 2.05) is 91.0 Å². The van der Waals surface area contributed by atoms with Crippen LogP contribution in [-0.4, -0.2) is 77.3 Å². The first-order valence-electron chi connectivity index (χ1n) is 20.3. The quantitative estimate of drug-likeness (QED) is 0.0355. The first kappa shape index (κ1) is 47.1. The van der Waals surface area contributed by atoms with Gasteiger partial charge in [-0.25, -0.2) is 13.6 Å². The number of alkyl halides is 4. The van der Waals surface area contributed by atoms with E-state index in [-0.39, 0.29) is 55.0 Å². The van der Waals surface area contributed by atoms with Crippen LogP contribution in [0, 0.1) is 11.8 Å². The molecular weight excluding hydrogens is 787 g/mol. The third kappa shape index (κ3) is 14.0. The van der Waals surface area contributed by atoms with Crippen molar-refractivity contribution in [3.63, 3.8) is 0 Å². The summed E-state index contributed by atoms with van der Waals surface area (Å²) < 4.78 is 61.0. The number of allylic oxidation sites excluding steroid dienone is 2. The molecule has 3 aromatic carbocycles. The Labute approximate surface area is 344 Å². The molecule has 14 heteroatoms. The zero-order chi connectivity index (χ0) is 42.9. The van der Waals surface area contributed by atoms with Crippen LogP contribution in [0.2, 0.25) is 0 Å². The van der Waals surface area contributed by atoms with Crippen molar-refractivity contribution < 1.29 is 51.7 Å². The number of aliphatic carboxylic acids is 2. The smallest absolute Gasteiger partial charge is 0.374 e. The zero-order valence-corrected chi connectivity index (χ0v) is 34.3. The number of carboxylic acids is 2. The van der Waals surface area contributed by atoms with Crippen LogP contribution < -0.4 is 26.5 Å². The summed E-state index contributed by atoms with van der Waals surface area (Å²) in [6.07, 6.45) is 7.16. The molecule has 0 radical (unpaired) electrons. The van der Waals surface area contributed by atoms with E-state index in [0.717, 1.165) is 48.0 Å². The first-order valence-corrected chi connectivity index (χ1v) is 22.3. The van der Waals surface area contributed by atoms with E-state index in [4.69, 9.17) is 14.9 Å². The molecule has 0 spiro atoms. The van der Waals surface area contributed by atoms with E-state index >= 15 is 0 Å². The number of amides is 2. The van der Waals surface area contributed by atoms with Gasteiger partial charge in [0.1, 0.15) is 29.6 Å². The first-order chi connectivity index (χ1) is 28.2. The largest absolute Gasteiger partial charge is 0.481 e. The van der Waals surface area contributed by atoms with Gasteiger partial charge in [0.15, 0.2) is 0 Å². The Kier molecular flexibility index (Phi) is 18.1. The number of halogens is 4. The lowest BCUT2D eigenvalue weighted by Crippen LogP contribution is -2.42. The van der Waals surface area contributed by atoms with E-state index in [0.29, 0.717) is 19.4 Å². The Morgan fingerprint density at radius 3 is 1.80 bits per heavy atom. The molecule has 4 N–H and O–H groups in total. The van der Waals surface area contributed by atoms with Gasteiger partial charge in [0.25, 0.3) is 5.92 Å². The molecule has 2 heterocycles. The number of carboxylic acid groups (broad SMARTS) is 2. The molecular formula is C45H56F4N2O7P+. The molecule has 2 aliphatic rings. The number of fused-ring (bicyclic) bond motifs is 2. The van der Waals surface area contributed by atoms with Gasteiger partial charge >= 0.3 is 17.9 Å². The number of ether oxygens (including phenoxy) is 1. The van der Waals surface area contributed by atoms with E-state index in [1.54, 1.807) is 12.2 Å². The number of benzene rings is 3. The molecule has 0 saturated carbocycles. The molecule has 4 atom stereocenters. The SMILES string of the molecule is CCCCCC(=O)NCC(=O)NC[C@H]1[C@@H](C/C=C\CCC(F)(F)C(=O)O)[C@H]2CC[C@@H]1O2.O=C(O)CC(F)(F)CC[P+](c1ccccc1)(c1ccccc1)c1ccccc1. The molecule has 3 aromatic rings. The maximum Gasteiger partial charge on any atom is 0.374 e. The van der Waals surface area contributed by atoms with Crippen molar-refractivity contribution in [2.75, 3.05) is 19.3 Å². The fourth-order valence-corrected chi connectivity index (χ4v) is 12.2. The highest BCUT2D eigenvalue weighted by atomic mass is 31.2. The third-order valence-corrected chi connectivity index (χ3v) is 15.3. The maximum atomic E-state index is 14.4. The van der Waals surface area contributed by atoms with Crippen molar-refractivity contribution in [2.24, 2.45) is 11.8 Å². The molecule has 2 aliphatic heterocycles. The van der Waals surface area contributed by atoms with Gasteiger partial charge in [-0.05, 0) is 74.4 Å². The third-order valence-electron chi connectivity index (χ3n) is 10.9. The Bertz CT molecular complexity index is 1720. The molecule has 59 heavy (non-hydrogen) atoms. The maximum absolute atomic E-state index is 14.4. The lowest BCUT2D eigenvalue weighted by atomic mass is 9.77. The van der Waals surface area contributed by atoms with Crippen LogP contribution in [0.4, 0.5) is 17.6 Å². The standard InChI is InChI=1S/C23H21F2O2P.C22H34F2N2O5/c24-23(25,18-22(26)27)16-17-28(19-10-4-1-5-11-19,20-12-6-2-7-13-20)21-14-8-3-9-15-21;1-2-3-5-9-19(27)26-14-20(28)25-13-16-15(17-10-11-18(16)31-17)8-6-4-7-12-22(23,24)21(29)30/h1-15H,16-18H2;4,6,15-18H,2-3,5,7-14H2,1H3,(H,25,28)(H,26,27)(H,29,30)/p+1/b;6-4-/t;15-,16+,17-,18+/m.1/s1. The minimum atomic E-state index is -3.71. The van der Waals surface area contributed by atoms with Gasteiger partial charge in [0.05, 0.1) is 24.9 Å². The summed E-state index contributed by atoms with van der Waals surface area (Å²) in [5.74, 6) is -10.6. The summed E-state index contributed by atoms with van der Waals surface area (Å²) in [4.78, 5) is 45.1. The predicted octanol–water partition coefficient (Wildman–Crippen LogP) is 7.52. The molecule has 2 fully saturated rings. The monoisotopic (exact) mass is 843 g/mol. The summed E-state index contributed by atoms with van der Waals surface area (Å²) in [6, 6.07) is 29.2. The number of nitrogens with one attached hydrogen (secondary N) is 2. The summed E-state index contributed by atoms with van der Waals surface area (Å²) >= 11 is 0. The molecule has 5 rings (SSSR count). The highest BCUT2D eigenvalue weighted by Crippen LogP contribution is 2.57. The van der Waals surface area contributed by atoms with Crippen molar-refractivity contribution in [3.8, 4) is 0 Å². The summed E-state index contributed by atoms with van der Waals surface area (Å²) in [5, 5.41) is 25.9. The number of carbonyl (C=O) groups excluding carboxylic acids is 2. The van der Waals surface area contributed by atoms with Crippen LogP contribution in [-0.2, 0) is 23.9 Å². The van der Waals surface area contributed by atoms with E-state index in [2.05, 4.69) is 17.6 Å². The van der Waals surface area contributed by atoms with Crippen molar-refractivity contribution in [3.05, 3.63) is 103 Å². The van der Waals surface area contributed by atoms with Gasteiger partial charge in [0, 0.05) is 31.7 Å². The van der Waals surface area contributed by atoms with Gasteiger partial charge in [0.2, 0.25) is 11.8 Å². The van der Waals surface area contributed by atoms with Crippen LogP contribution in [0.25, 0.3) is 0 Å². The lowest BCUT2D eigenvalue weighted by Gasteiger charge is -2.29. The number of hydrogen-bond acceptors (Lipinski definition) is 5. The van der Waals surface area contributed by atoms with Gasteiger partial charge in [-0.15, -0.1) is 0 Å². The average molecular weight is 844 g/mol. The summed E-state index contributed by atoms with van der Waals surface area (Å²) in [6.45, 7) is 2.46. The molecule has 2 saturated heterocycles. The van der Waals surface area contributed by atoms with Crippen LogP contribution >= 0.6 is 7.26 Å². The van der Waals surface area contributed by atoms with E-state index in [9.17, 15) is 36.7 Å². The highest BCUT2D eigenvalue weighted by Gasteiger charge is 2.49. The molecule has 2 bridgehead atoms. The van der Waals surface area contributed by atoms with Crippen LogP contribution in [0.3, 0.4) is 0 Å². The van der Waals surface area contributed by atoms with Crippen molar-refractivity contribution in [1.29, 1.82) is 0 Å². The Balaban J connectivity index is 0.000000262. The Morgan fingerprint density at radius 2 is 1.29 bits per heavy atom. The van der Waals surface area contributed by atoms with Crippen LogP contribution in [0.5, 0.6) is 0 Å². The molecule has 0 aromatic heterocycles. The number of carbonyl (C=O) groups is 4. The van der Waals surface area contributed by atoms with Crippen molar-refractivity contribution >= 4 is 46.9 Å². The van der Waals surface area contributed by atoms with E-state index in [1.165, 1.54) is 0 Å². The predicted molar refractivity (Wildman–Crippen MR) is 222 cm³/mol. The number of rotatable bonds is 22. The second kappa shape index (κ2) is 22.7. The van der Waals surface area contributed by atoms with Crippen LogP contribution in [0.1, 0.15) is 77.6 Å². The van der Waals surface area contributed by atoms with Crippen molar-refractivity contribution in [2.45, 2.75) is 102 Å². The fraction of sp³-hybridized carbons (Fsp3) is 0.467. The van der Waals surface area contributed by atoms with Gasteiger partial charge in [-0.3, -0.25) is 14.4 Å². The zero-order valence-electron chi connectivity index (χ0n) is 33.4. The molecule has 320 valence electrons. The Hall–Kier alpha value is -4.61. The van der Waals surface area contributed by atoms with Crippen molar-refractivity contribution in [1.82, 2.24) is 10.6 Å². The average Bonchev–Trinajstić information content (AvgIpc) is 3.83. The Morgan fingerprint density at radius 1 is 0.746 bits per heavy atom. The second-order valence-corrected chi connectivity index (χ2v) is 18.7. The lowest BCUT2D eigenvalue weighted by molar-refractivity contribution is -0.165. The minimum absolute atomic E-state index is 0.0136. The normalized spacial score (nSPS) is 18.9. The number of hydrogen-bond donors (Lipinski definition) is 4. The van der Waals surface area contributed by atoms with Gasteiger partial charge in [-0.2, -0.15) is 8.78 Å². The topological polar surface area (TPSA) is 142 Å². The van der Waals surface area contributed by atoms with Gasteiger partial charge < -0.3 is 25.6 Å². The van der Waals surface area contributed by atoms with E-state index < -0.39 is 50.3 Å². The van der Waals surface area contributed by atoms with Crippen LogP contribution in [0.15, 0.2) is 103 Å². The summed E-state index contributed by atoms with van der Waals surface area (Å²) in [7, 11) is -2.37. The van der Waals surface area contributed by atoms with Gasteiger partial charge in [-0.1, -0.05) is 86.5 Å². The fourth-order valence-electron chi connectivity index (χ4n) is 7.84. The molecule has 9 nitrogen and oxygen atoms in total. The minimum Gasteiger partial charge on any atom is -0.481 e.